The van der Waals surface area contributed by atoms with Crippen molar-refractivity contribution in [3.8, 4) is 0 Å². The summed E-state index contributed by atoms with van der Waals surface area (Å²) in [5, 5.41) is 4.17. The van der Waals surface area contributed by atoms with E-state index in [-0.39, 0.29) is 0 Å². The molecule has 0 N–H and O–H groups in total. The SMILES string of the molecule is [B]c1cn(C(=O)OC(C)(C)C)nc1C1CC1. The molecule has 4 nitrogen and oxygen atoms in total. The van der Waals surface area contributed by atoms with Gasteiger partial charge in [0.15, 0.2) is 0 Å². The van der Waals surface area contributed by atoms with E-state index in [4.69, 9.17) is 12.6 Å². The maximum Gasteiger partial charge on any atom is 0.435 e. The molecule has 1 heterocycles. The second kappa shape index (κ2) is 3.65. The van der Waals surface area contributed by atoms with Gasteiger partial charge in [0.25, 0.3) is 0 Å². The first kappa shape index (κ1) is 11.2. The Hall–Kier alpha value is -1.26. The predicted molar refractivity (Wildman–Crippen MR) is 61.2 cm³/mol. The van der Waals surface area contributed by atoms with Crippen LogP contribution < -0.4 is 5.46 Å². The van der Waals surface area contributed by atoms with Crippen LogP contribution in [-0.4, -0.2) is 29.3 Å². The van der Waals surface area contributed by atoms with Gasteiger partial charge >= 0.3 is 6.09 Å². The van der Waals surface area contributed by atoms with Gasteiger partial charge in [-0.2, -0.15) is 9.78 Å². The monoisotopic (exact) mass is 218 g/mol. The molecule has 0 atom stereocenters. The van der Waals surface area contributed by atoms with Crippen LogP contribution in [0.3, 0.4) is 0 Å². The van der Waals surface area contributed by atoms with Crippen molar-refractivity contribution < 1.29 is 9.53 Å². The Morgan fingerprint density at radius 2 is 2.19 bits per heavy atom. The Labute approximate surface area is 96.4 Å². The van der Waals surface area contributed by atoms with Crippen LogP contribution in [0.2, 0.25) is 0 Å². The van der Waals surface area contributed by atoms with Crippen LogP contribution in [0.25, 0.3) is 0 Å². The molecule has 0 saturated heterocycles. The molecule has 0 bridgehead atoms. The maximum atomic E-state index is 11.7. The number of hydrogen-bond acceptors (Lipinski definition) is 3. The number of rotatable bonds is 1. The van der Waals surface area contributed by atoms with E-state index < -0.39 is 11.7 Å². The Balaban J connectivity index is 2.14. The van der Waals surface area contributed by atoms with E-state index in [9.17, 15) is 4.79 Å². The lowest BCUT2D eigenvalue weighted by Gasteiger charge is -2.18. The number of hydrogen-bond donors (Lipinski definition) is 0. The van der Waals surface area contributed by atoms with E-state index in [2.05, 4.69) is 5.10 Å². The van der Waals surface area contributed by atoms with Gasteiger partial charge < -0.3 is 4.74 Å². The molecular formula is C11H15BN2O2. The summed E-state index contributed by atoms with van der Waals surface area (Å²) in [7, 11) is 5.79. The first-order valence-electron chi connectivity index (χ1n) is 5.45. The summed E-state index contributed by atoms with van der Waals surface area (Å²) in [4.78, 5) is 11.7. The van der Waals surface area contributed by atoms with Crippen LogP contribution in [0.1, 0.15) is 45.2 Å². The molecule has 2 rings (SSSR count). The van der Waals surface area contributed by atoms with Crippen molar-refractivity contribution in [2.24, 2.45) is 0 Å². The third-order valence-corrected chi connectivity index (χ3v) is 2.32. The van der Waals surface area contributed by atoms with Crippen LogP contribution in [0, 0.1) is 0 Å². The maximum absolute atomic E-state index is 11.7. The minimum atomic E-state index is -0.516. The van der Waals surface area contributed by atoms with Gasteiger partial charge in [-0.15, -0.1) is 0 Å². The molecule has 1 aromatic rings. The first-order chi connectivity index (χ1) is 7.37. The van der Waals surface area contributed by atoms with Gasteiger partial charge in [0, 0.05) is 12.1 Å². The normalized spacial score (nSPS) is 16.2. The molecule has 0 aromatic carbocycles. The number of aromatic nitrogens is 2. The van der Waals surface area contributed by atoms with Crippen molar-refractivity contribution >= 4 is 19.4 Å². The Kier molecular flexibility index (Phi) is 2.56. The minimum Gasteiger partial charge on any atom is -0.442 e. The van der Waals surface area contributed by atoms with Crippen molar-refractivity contribution in [3.05, 3.63) is 11.9 Å². The zero-order valence-electron chi connectivity index (χ0n) is 9.86. The highest BCUT2D eigenvalue weighted by Crippen LogP contribution is 2.37. The molecule has 0 amide bonds. The average Bonchev–Trinajstić information content (AvgIpc) is 2.87. The van der Waals surface area contributed by atoms with Gasteiger partial charge in [0.05, 0.1) is 5.69 Å². The van der Waals surface area contributed by atoms with Gasteiger partial charge in [-0.05, 0) is 33.6 Å². The van der Waals surface area contributed by atoms with Gasteiger partial charge in [-0.1, -0.05) is 5.46 Å². The lowest BCUT2D eigenvalue weighted by molar-refractivity contribution is 0.0514. The predicted octanol–water partition coefficient (Wildman–Crippen LogP) is 1.34. The van der Waals surface area contributed by atoms with Crippen LogP contribution >= 0.6 is 0 Å². The molecule has 2 radical (unpaired) electrons. The van der Waals surface area contributed by atoms with Crippen LogP contribution in [0.5, 0.6) is 0 Å². The van der Waals surface area contributed by atoms with Crippen molar-refractivity contribution in [1.29, 1.82) is 0 Å². The minimum absolute atomic E-state index is 0.434. The fraction of sp³-hybridized carbons (Fsp3) is 0.636. The third-order valence-electron chi connectivity index (χ3n) is 2.32. The second-order valence-electron chi connectivity index (χ2n) is 5.17. The number of carbonyl (C=O) groups excluding carboxylic acids is 1. The molecular weight excluding hydrogens is 203 g/mol. The molecule has 1 fully saturated rings. The first-order valence-corrected chi connectivity index (χ1v) is 5.45. The zero-order valence-corrected chi connectivity index (χ0v) is 9.86. The number of nitrogens with zero attached hydrogens (tertiary/aromatic N) is 2. The van der Waals surface area contributed by atoms with E-state index in [1.165, 1.54) is 10.9 Å². The average molecular weight is 218 g/mol. The molecule has 1 aromatic heterocycles. The van der Waals surface area contributed by atoms with E-state index in [1.54, 1.807) is 0 Å². The highest BCUT2D eigenvalue weighted by atomic mass is 16.6. The van der Waals surface area contributed by atoms with E-state index in [0.29, 0.717) is 11.4 Å². The van der Waals surface area contributed by atoms with Gasteiger partial charge in [0.1, 0.15) is 13.4 Å². The highest BCUT2D eigenvalue weighted by Gasteiger charge is 2.29. The Bertz CT molecular complexity index is 416. The van der Waals surface area contributed by atoms with Crippen LogP contribution in [0.15, 0.2) is 6.20 Å². The molecule has 1 aliphatic carbocycles. The summed E-state index contributed by atoms with van der Waals surface area (Å²) < 4.78 is 6.39. The third kappa shape index (κ3) is 2.46. The van der Waals surface area contributed by atoms with Crippen molar-refractivity contribution in [1.82, 2.24) is 9.78 Å². The Morgan fingerprint density at radius 1 is 1.56 bits per heavy atom. The van der Waals surface area contributed by atoms with E-state index >= 15 is 0 Å². The lowest BCUT2D eigenvalue weighted by Crippen LogP contribution is -2.27. The molecule has 84 valence electrons. The smallest absolute Gasteiger partial charge is 0.435 e. The quantitative estimate of drug-likeness (QED) is 0.668. The summed E-state index contributed by atoms with van der Waals surface area (Å²) in [5.41, 5.74) is 0.886. The molecule has 5 heteroatoms. The topological polar surface area (TPSA) is 44.1 Å². The summed E-state index contributed by atoms with van der Waals surface area (Å²) in [5.74, 6) is 0.434. The van der Waals surface area contributed by atoms with Crippen molar-refractivity contribution in [3.63, 3.8) is 0 Å². The molecule has 0 spiro atoms. The molecule has 1 aliphatic rings. The zero-order chi connectivity index (χ0) is 11.9. The molecule has 0 aliphatic heterocycles. The molecule has 16 heavy (non-hydrogen) atoms. The summed E-state index contributed by atoms with van der Waals surface area (Å²) in [6, 6.07) is 0. The summed E-state index contributed by atoms with van der Waals surface area (Å²) >= 11 is 0. The fourth-order valence-electron chi connectivity index (χ4n) is 1.48. The fourth-order valence-corrected chi connectivity index (χ4v) is 1.48. The molecule has 0 unspecified atom stereocenters. The van der Waals surface area contributed by atoms with Gasteiger partial charge in [-0.3, -0.25) is 0 Å². The largest absolute Gasteiger partial charge is 0.442 e. The van der Waals surface area contributed by atoms with E-state index in [0.717, 1.165) is 18.5 Å². The summed E-state index contributed by atoms with van der Waals surface area (Å²) in [6.45, 7) is 5.46. The van der Waals surface area contributed by atoms with Gasteiger partial charge in [-0.25, -0.2) is 4.79 Å². The van der Waals surface area contributed by atoms with Crippen molar-refractivity contribution in [2.75, 3.05) is 0 Å². The van der Waals surface area contributed by atoms with Gasteiger partial charge in [0.2, 0.25) is 0 Å². The highest BCUT2D eigenvalue weighted by molar-refractivity contribution is 6.33. The van der Waals surface area contributed by atoms with Crippen molar-refractivity contribution in [2.45, 2.75) is 45.1 Å². The lowest BCUT2D eigenvalue weighted by atomic mass is 9.95. The number of ether oxygens (including phenoxy) is 1. The van der Waals surface area contributed by atoms with E-state index in [1.807, 2.05) is 20.8 Å². The Morgan fingerprint density at radius 3 is 2.69 bits per heavy atom. The number of carbonyl (C=O) groups is 1. The van der Waals surface area contributed by atoms with Crippen LogP contribution in [0.4, 0.5) is 4.79 Å². The summed E-state index contributed by atoms with van der Waals surface area (Å²) in [6.07, 6.45) is 3.26. The second-order valence-corrected chi connectivity index (χ2v) is 5.17. The standard InChI is InChI=1S/C11H15BN2O2/c1-11(2,3)16-10(15)14-6-8(12)9(13-14)7-4-5-7/h6-7H,4-5H2,1-3H3. The molecule has 1 saturated carbocycles. The van der Waals surface area contributed by atoms with Crippen LogP contribution in [-0.2, 0) is 4.74 Å².